The van der Waals surface area contributed by atoms with Crippen LogP contribution < -0.4 is 4.90 Å². The number of thioether (sulfide) groups is 1. The number of amides is 1. The summed E-state index contributed by atoms with van der Waals surface area (Å²) in [6.45, 7) is 7.65. The van der Waals surface area contributed by atoms with Crippen molar-refractivity contribution in [1.82, 2.24) is 14.8 Å². The van der Waals surface area contributed by atoms with Crippen molar-refractivity contribution in [2.24, 2.45) is 0 Å². The Morgan fingerprint density at radius 2 is 2.00 bits per heavy atom. The van der Waals surface area contributed by atoms with Crippen molar-refractivity contribution in [1.29, 1.82) is 0 Å². The van der Waals surface area contributed by atoms with Crippen LogP contribution in [0.1, 0.15) is 31.4 Å². The van der Waals surface area contributed by atoms with Crippen molar-refractivity contribution >= 4 is 23.4 Å². The number of nitrogens with zero attached hydrogens (tertiary/aromatic N) is 4. The summed E-state index contributed by atoms with van der Waals surface area (Å²) in [7, 11) is 0. The van der Waals surface area contributed by atoms with E-state index in [2.05, 4.69) is 52.9 Å². The Morgan fingerprint density at radius 1 is 1.17 bits per heavy atom. The minimum atomic E-state index is -0.235. The highest BCUT2D eigenvalue weighted by Gasteiger charge is 2.28. The van der Waals surface area contributed by atoms with E-state index in [0.29, 0.717) is 0 Å². The third kappa shape index (κ3) is 3.94. The van der Waals surface area contributed by atoms with Crippen molar-refractivity contribution < 1.29 is 4.79 Å². The molecule has 1 aliphatic rings. The number of hydrogen-bond donors (Lipinski definition) is 0. The number of carbonyl (C=O) groups excluding carboxylic acids is 1. The molecule has 0 bridgehead atoms. The van der Waals surface area contributed by atoms with E-state index in [1.807, 2.05) is 36.1 Å². The normalized spacial score (nSPS) is 14.5. The lowest BCUT2D eigenvalue weighted by Gasteiger charge is -2.31. The van der Waals surface area contributed by atoms with E-state index in [9.17, 15) is 4.79 Å². The number of fused-ring (bicyclic) bond motifs is 1. The SMILES string of the molecule is CCn1c(SC(C)C(=O)N2CCCc3ccccc32)nnc1-c1cccc(C)c1. The number of rotatable bonds is 5. The van der Waals surface area contributed by atoms with Gasteiger partial charge in [-0.15, -0.1) is 10.2 Å². The van der Waals surface area contributed by atoms with Crippen molar-refractivity contribution in [3.63, 3.8) is 0 Å². The Morgan fingerprint density at radius 3 is 2.79 bits per heavy atom. The lowest BCUT2D eigenvalue weighted by atomic mass is 10.0. The highest BCUT2D eigenvalue weighted by Crippen LogP contribution is 2.32. The molecule has 0 radical (unpaired) electrons. The molecule has 1 aromatic heterocycles. The molecule has 150 valence electrons. The van der Waals surface area contributed by atoms with Crippen LogP contribution in [0.25, 0.3) is 11.4 Å². The molecule has 5 nitrogen and oxygen atoms in total. The predicted octanol–water partition coefficient (Wildman–Crippen LogP) is 4.73. The van der Waals surface area contributed by atoms with Gasteiger partial charge in [-0.05, 0) is 51.3 Å². The Hall–Kier alpha value is -2.60. The Balaban J connectivity index is 1.56. The standard InChI is InChI=1S/C23H26N4OS/c1-4-26-21(19-11-7-9-16(2)15-19)24-25-23(26)29-17(3)22(28)27-14-8-12-18-10-5-6-13-20(18)27/h5-7,9-11,13,15,17H,4,8,12,14H2,1-3H3. The summed E-state index contributed by atoms with van der Waals surface area (Å²) in [5, 5.41) is 9.39. The molecule has 0 saturated carbocycles. The molecular weight excluding hydrogens is 380 g/mol. The molecule has 0 aliphatic carbocycles. The van der Waals surface area contributed by atoms with Crippen LogP contribution >= 0.6 is 11.8 Å². The molecule has 0 fully saturated rings. The molecule has 2 heterocycles. The molecular formula is C23H26N4OS. The van der Waals surface area contributed by atoms with Gasteiger partial charge >= 0.3 is 0 Å². The molecule has 3 aromatic rings. The van der Waals surface area contributed by atoms with Gasteiger partial charge in [0.25, 0.3) is 0 Å². The first-order chi connectivity index (χ1) is 14.1. The molecule has 0 spiro atoms. The van der Waals surface area contributed by atoms with E-state index >= 15 is 0 Å². The second kappa shape index (κ2) is 8.41. The molecule has 29 heavy (non-hydrogen) atoms. The molecule has 4 rings (SSSR count). The Bertz CT molecular complexity index is 1030. The van der Waals surface area contributed by atoms with Gasteiger partial charge in [0.05, 0.1) is 5.25 Å². The summed E-state index contributed by atoms with van der Waals surface area (Å²) in [4.78, 5) is 15.2. The molecule has 1 aliphatic heterocycles. The fourth-order valence-corrected chi connectivity index (χ4v) is 4.82. The first kappa shape index (κ1) is 19.7. The third-order valence-electron chi connectivity index (χ3n) is 5.32. The lowest BCUT2D eigenvalue weighted by Crippen LogP contribution is -2.40. The van der Waals surface area contributed by atoms with Crippen molar-refractivity contribution in [3.05, 3.63) is 59.7 Å². The summed E-state index contributed by atoms with van der Waals surface area (Å²) in [5.74, 6) is 0.978. The minimum absolute atomic E-state index is 0.130. The monoisotopic (exact) mass is 406 g/mol. The first-order valence-corrected chi connectivity index (χ1v) is 11.0. The highest BCUT2D eigenvalue weighted by molar-refractivity contribution is 8.00. The molecule has 0 N–H and O–H groups in total. The smallest absolute Gasteiger partial charge is 0.240 e. The van der Waals surface area contributed by atoms with Gasteiger partial charge in [-0.2, -0.15) is 0 Å². The van der Waals surface area contributed by atoms with Gasteiger partial charge in [0.2, 0.25) is 5.91 Å². The third-order valence-corrected chi connectivity index (χ3v) is 6.38. The van der Waals surface area contributed by atoms with Gasteiger partial charge in [0, 0.05) is 24.3 Å². The largest absolute Gasteiger partial charge is 0.311 e. The second-order valence-electron chi connectivity index (χ2n) is 7.40. The zero-order valence-corrected chi connectivity index (χ0v) is 17.9. The quantitative estimate of drug-likeness (QED) is 0.575. The topological polar surface area (TPSA) is 51.0 Å². The van der Waals surface area contributed by atoms with Crippen LogP contribution in [0, 0.1) is 6.92 Å². The number of aryl methyl sites for hydroxylation is 2. The van der Waals surface area contributed by atoms with Crippen molar-refractivity contribution in [2.75, 3.05) is 11.4 Å². The van der Waals surface area contributed by atoms with Gasteiger partial charge in [-0.3, -0.25) is 4.79 Å². The number of aromatic nitrogens is 3. The van der Waals surface area contributed by atoms with E-state index < -0.39 is 0 Å². The molecule has 2 aromatic carbocycles. The number of anilines is 1. The number of carbonyl (C=O) groups is 1. The predicted molar refractivity (Wildman–Crippen MR) is 118 cm³/mol. The van der Waals surface area contributed by atoms with Gasteiger partial charge in [-0.25, -0.2) is 0 Å². The van der Waals surface area contributed by atoms with Crippen LogP contribution in [0.15, 0.2) is 53.7 Å². The number of para-hydroxylation sites is 1. The number of benzene rings is 2. The zero-order chi connectivity index (χ0) is 20.4. The van der Waals surface area contributed by atoms with Crippen LogP contribution in [0.3, 0.4) is 0 Å². The maximum absolute atomic E-state index is 13.2. The average Bonchev–Trinajstić information content (AvgIpc) is 3.15. The van der Waals surface area contributed by atoms with Crippen LogP contribution in [0.4, 0.5) is 5.69 Å². The molecule has 1 amide bonds. The summed E-state index contributed by atoms with van der Waals surface area (Å²) in [6.07, 6.45) is 2.04. The van der Waals surface area contributed by atoms with Crippen molar-refractivity contribution in [3.8, 4) is 11.4 Å². The summed E-state index contributed by atoms with van der Waals surface area (Å²) >= 11 is 1.49. The van der Waals surface area contributed by atoms with E-state index in [1.165, 1.54) is 22.9 Å². The summed E-state index contributed by atoms with van der Waals surface area (Å²) in [6, 6.07) is 16.5. The number of hydrogen-bond acceptors (Lipinski definition) is 4. The lowest BCUT2D eigenvalue weighted by molar-refractivity contribution is -0.117. The van der Waals surface area contributed by atoms with E-state index in [0.717, 1.165) is 48.2 Å². The minimum Gasteiger partial charge on any atom is -0.311 e. The van der Waals surface area contributed by atoms with Crippen LogP contribution in [-0.2, 0) is 17.8 Å². The fraction of sp³-hybridized carbons (Fsp3) is 0.348. The summed E-state index contributed by atoms with van der Waals surface area (Å²) in [5.41, 5.74) is 4.54. The average molecular weight is 407 g/mol. The fourth-order valence-electron chi connectivity index (χ4n) is 3.85. The van der Waals surface area contributed by atoms with Gasteiger partial charge in [0.15, 0.2) is 11.0 Å². The first-order valence-electron chi connectivity index (χ1n) is 10.1. The van der Waals surface area contributed by atoms with Crippen LogP contribution in [-0.4, -0.2) is 32.5 Å². The zero-order valence-electron chi connectivity index (χ0n) is 17.1. The maximum Gasteiger partial charge on any atom is 0.240 e. The molecule has 0 saturated heterocycles. The Labute approximate surface area is 176 Å². The summed E-state index contributed by atoms with van der Waals surface area (Å²) < 4.78 is 2.09. The van der Waals surface area contributed by atoms with Gasteiger partial charge < -0.3 is 9.47 Å². The molecule has 1 unspecified atom stereocenters. The van der Waals surface area contributed by atoms with E-state index in [4.69, 9.17) is 0 Å². The van der Waals surface area contributed by atoms with Crippen LogP contribution in [0.2, 0.25) is 0 Å². The van der Waals surface area contributed by atoms with Gasteiger partial charge in [0.1, 0.15) is 0 Å². The molecule has 6 heteroatoms. The van der Waals surface area contributed by atoms with Gasteiger partial charge in [-0.1, -0.05) is 53.7 Å². The highest BCUT2D eigenvalue weighted by atomic mass is 32.2. The second-order valence-corrected chi connectivity index (χ2v) is 8.71. The van der Waals surface area contributed by atoms with Crippen molar-refractivity contribution in [2.45, 2.75) is 50.6 Å². The van der Waals surface area contributed by atoms with E-state index in [-0.39, 0.29) is 11.2 Å². The maximum atomic E-state index is 13.2. The van der Waals surface area contributed by atoms with Crippen LogP contribution in [0.5, 0.6) is 0 Å². The van der Waals surface area contributed by atoms with E-state index in [1.54, 1.807) is 0 Å². The Kier molecular flexibility index (Phi) is 5.72. The molecule has 1 atom stereocenters.